The largest absolute Gasteiger partial charge is 0.487 e. The van der Waals surface area contributed by atoms with Crippen molar-refractivity contribution >= 4 is 11.6 Å². The van der Waals surface area contributed by atoms with Crippen molar-refractivity contribution in [3.05, 3.63) is 41.6 Å². The molecule has 0 aliphatic rings. The molecule has 2 rings (SSSR count). The van der Waals surface area contributed by atoms with Gasteiger partial charge in [-0.15, -0.1) is 10.2 Å². The molecule has 0 saturated carbocycles. The Morgan fingerprint density at radius 1 is 1.07 bits per heavy atom. The van der Waals surface area contributed by atoms with Crippen LogP contribution in [-0.2, 0) is 4.74 Å². The molecule has 154 valence electrons. The number of aliphatic hydroxyl groups excluding tert-OH is 1. The zero-order valence-corrected chi connectivity index (χ0v) is 17.0. The predicted molar refractivity (Wildman–Crippen MR) is 105 cm³/mol. The van der Waals surface area contributed by atoms with Gasteiger partial charge in [0.1, 0.15) is 19.3 Å². The van der Waals surface area contributed by atoms with Crippen LogP contribution in [0.4, 0.5) is 0 Å². The summed E-state index contributed by atoms with van der Waals surface area (Å²) in [7, 11) is 1.55. The van der Waals surface area contributed by atoms with Crippen LogP contribution in [0.1, 0.15) is 13.8 Å². The number of para-hydroxylation sites is 2. The minimum Gasteiger partial charge on any atom is -0.487 e. The predicted octanol–water partition coefficient (Wildman–Crippen LogP) is 2.30. The highest BCUT2D eigenvalue weighted by Crippen LogP contribution is 2.26. The van der Waals surface area contributed by atoms with Gasteiger partial charge in [-0.3, -0.25) is 0 Å². The van der Waals surface area contributed by atoms with E-state index in [1.165, 1.54) is 0 Å². The average Bonchev–Trinajstić information content (AvgIpc) is 2.69. The highest BCUT2D eigenvalue weighted by molar-refractivity contribution is 6.29. The Kier molecular flexibility index (Phi) is 8.72. The van der Waals surface area contributed by atoms with Gasteiger partial charge in [0.05, 0.1) is 0 Å². The number of methoxy groups -OCH3 is 1. The van der Waals surface area contributed by atoms with Gasteiger partial charge in [0.25, 0.3) is 0 Å². The molecule has 0 radical (unpaired) electrons. The molecule has 9 heteroatoms. The summed E-state index contributed by atoms with van der Waals surface area (Å²) in [6.07, 6.45) is -0.718. The van der Waals surface area contributed by atoms with E-state index >= 15 is 0 Å². The van der Waals surface area contributed by atoms with E-state index < -0.39 is 11.6 Å². The number of aromatic nitrogens is 2. The Balaban J connectivity index is 1.75. The van der Waals surface area contributed by atoms with Gasteiger partial charge >= 0.3 is 0 Å². The number of halogens is 1. The molecule has 2 aromatic rings. The molecule has 2 N–H and O–H groups in total. The molecule has 1 heterocycles. The van der Waals surface area contributed by atoms with Gasteiger partial charge in [-0.1, -0.05) is 23.7 Å². The van der Waals surface area contributed by atoms with Gasteiger partial charge in [-0.2, -0.15) is 0 Å². The van der Waals surface area contributed by atoms with Crippen LogP contribution in [0.5, 0.6) is 17.4 Å². The van der Waals surface area contributed by atoms with Crippen molar-refractivity contribution in [2.75, 3.05) is 33.7 Å². The summed E-state index contributed by atoms with van der Waals surface area (Å²) in [5.74, 6) is 1.49. The van der Waals surface area contributed by atoms with Gasteiger partial charge in [-0.25, -0.2) is 0 Å². The van der Waals surface area contributed by atoms with Crippen LogP contribution in [0, 0.1) is 0 Å². The highest BCUT2D eigenvalue weighted by Gasteiger charge is 2.20. The molecule has 1 aromatic heterocycles. The number of nitrogens with one attached hydrogen (secondary N) is 1. The van der Waals surface area contributed by atoms with Crippen molar-refractivity contribution in [3.8, 4) is 17.4 Å². The van der Waals surface area contributed by atoms with Gasteiger partial charge < -0.3 is 29.4 Å². The molecule has 0 spiro atoms. The number of ether oxygens (including phenoxy) is 4. The summed E-state index contributed by atoms with van der Waals surface area (Å²) in [6.45, 7) is 4.81. The second-order valence-corrected chi connectivity index (χ2v) is 7.10. The summed E-state index contributed by atoms with van der Waals surface area (Å²) < 4.78 is 21.6. The first-order chi connectivity index (χ1) is 13.4. The summed E-state index contributed by atoms with van der Waals surface area (Å²) in [4.78, 5) is 0. The monoisotopic (exact) mass is 411 g/mol. The topological polar surface area (TPSA) is 95.0 Å². The minimum absolute atomic E-state index is 0.111. The number of rotatable bonds is 12. The van der Waals surface area contributed by atoms with E-state index in [9.17, 15) is 5.11 Å². The average molecular weight is 412 g/mol. The number of aliphatic hydroxyl groups is 1. The SMILES string of the molecule is COCOc1ccccc1OCC(O)CNC(C)(C)COc1ccc(Cl)nn1. The Hall–Kier alpha value is -2.13. The van der Waals surface area contributed by atoms with Crippen molar-refractivity contribution in [3.63, 3.8) is 0 Å². The maximum atomic E-state index is 10.2. The molecule has 1 atom stereocenters. The fraction of sp³-hybridized carbons (Fsp3) is 0.474. The van der Waals surface area contributed by atoms with Crippen molar-refractivity contribution in [2.45, 2.75) is 25.5 Å². The van der Waals surface area contributed by atoms with Crippen LogP contribution in [-0.4, -0.2) is 60.6 Å². The lowest BCUT2D eigenvalue weighted by Crippen LogP contribution is -2.48. The quantitative estimate of drug-likeness (QED) is 0.514. The van der Waals surface area contributed by atoms with Crippen LogP contribution < -0.4 is 19.5 Å². The third-order valence-electron chi connectivity index (χ3n) is 3.62. The lowest BCUT2D eigenvalue weighted by atomic mass is 10.1. The van der Waals surface area contributed by atoms with Gasteiger partial charge in [0.15, 0.2) is 23.4 Å². The van der Waals surface area contributed by atoms with Crippen molar-refractivity contribution < 1.29 is 24.1 Å². The fourth-order valence-corrected chi connectivity index (χ4v) is 2.24. The third kappa shape index (κ3) is 7.85. The van der Waals surface area contributed by atoms with Gasteiger partial charge in [0.2, 0.25) is 5.88 Å². The van der Waals surface area contributed by atoms with Crippen molar-refractivity contribution in [1.82, 2.24) is 15.5 Å². The first-order valence-electron chi connectivity index (χ1n) is 8.78. The molecule has 8 nitrogen and oxygen atoms in total. The minimum atomic E-state index is -0.718. The molecule has 1 unspecified atom stereocenters. The highest BCUT2D eigenvalue weighted by atomic mass is 35.5. The molecule has 0 amide bonds. The molecule has 0 aliphatic carbocycles. The Bertz CT molecular complexity index is 715. The number of benzene rings is 1. The number of hydrogen-bond donors (Lipinski definition) is 2. The molecule has 0 aliphatic heterocycles. The van der Waals surface area contributed by atoms with E-state index in [1.807, 2.05) is 26.0 Å². The van der Waals surface area contributed by atoms with E-state index in [-0.39, 0.29) is 13.4 Å². The van der Waals surface area contributed by atoms with Crippen LogP contribution in [0.3, 0.4) is 0 Å². The first-order valence-corrected chi connectivity index (χ1v) is 9.16. The van der Waals surface area contributed by atoms with Crippen molar-refractivity contribution in [1.29, 1.82) is 0 Å². The molecule has 28 heavy (non-hydrogen) atoms. The van der Waals surface area contributed by atoms with Crippen molar-refractivity contribution in [2.24, 2.45) is 0 Å². The van der Waals surface area contributed by atoms with E-state index in [0.29, 0.717) is 35.7 Å². The Morgan fingerprint density at radius 3 is 2.43 bits per heavy atom. The third-order valence-corrected chi connectivity index (χ3v) is 3.82. The van der Waals surface area contributed by atoms with Crippen LogP contribution in [0.25, 0.3) is 0 Å². The maximum Gasteiger partial charge on any atom is 0.233 e. The summed E-state index contributed by atoms with van der Waals surface area (Å²) >= 11 is 5.70. The normalized spacial score (nSPS) is 12.5. The van der Waals surface area contributed by atoms with Crippen LogP contribution >= 0.6 is 11.6 Å². The van der Waals surface area contributed by atoms with Crippen LogP contribution in [0.15, 0.2) is 36.4 Å². The second kappa shape index (κ2) is 11.0. The summed E-state index contributed by atoms with van der Waals surface area (Å²) in [5, 5.41) is 21.4. The van der Waals surface area contributed by atoms with E-state index in [4.69, 9.17) is 30.5 Å². The first kappa shape index (κ1) is 22.2. The lowest BCUT2D eigenvalue weighted by molar-refractivity contribution is 0.0458. The Morgan fingerprint density at radius 2 is 1.79 bits per heavy atom. The molecular formula is C19H26ClN3O5. The number of hydrogen-bond acceptors (Lipinski definition) is 8. The second-order valence-electron chi connectivity index (χ2n) is 6.71. The zero-order valence-electron chi connectivity index (χ0n) is 16.2. The van der Waals surface area contributed by atoms with E-state index in [1.54, 1.807) is 31.4 Å². The molecule has 0 bridgehead atoms. The Labute approximate surface area is 169 Å². The lowest BCUT2D eigenvalue weighted by Gasteiger charge is -2.27. The summed E-state index contributed by atoms with van der Waals surface area (Å²) in [5.41, 5.74) is -0.401. The zero-order chi connectivity index (χ0) is 20.4. The van der Waals surface area contributed by atoms with E-state index in [0.717, 1.165) is 0 Å². The van der Waals surface area contributed by atoms with Crippen LogP contribution in [0.2, 0.25) is 5.15 Å². The molecule has 0 saturated heterocycles. The maximum absolute atomic E-state index is 10.2. The molecular weight excluding hydrogens is 386 g/mol. The smallest absolute Gasteiger partial charge is 0.233 e. The number of β-amino-alcohol motifs (C(OH)–C–C–N with tert-alkyl or cyclic N) is 1. The molecule has 0 fully saturated rings. The number of nitrogens with zero attached hydrogens (tertiary/aromatic N) is 2. The standard InChI is InChI=1S/C19H26ClN3O5/c1-19(2,12-27-18-9-8-17(20)22-23-18)21-10-14(24)11-26-15-6-4-5-7-16(15)28-13-25-3/h4-9,14,21,24H,10-13H2,1-3H3. The van der Waals surface area contributed by atoms with E-state index in [2.05, 4.69) is 15.5 Å². The van der Waals surface area contributed by atoms with Gasteiger partial charge in [0, 0.05) is 25.3 Å². The van der Waals surface area contributed by atoms with Gasteiger partial charge in [-0.05, 0) is 32.0 Å². The molecule has 1 aromatic carbocycles. The fourth-order valence-electron chi connectivity index (χ4n) is 2.14. The summed E-state index contributed by atoms with van der Waals surface area (Å²) in [6, 6.07) is 10.5.